The van der Waals surface area contributed by atoms with E-state index >= 15 is 0 Å². The number of aromatic nitrogens is 2. The molecule has 1 rings (SSSR count). The molecule has 0 atom stereocenters. The molecular weight excluding hydrogens is 460 g/mol. The summed E-state index contributed by atoms with van der Waals surface area (Å²) in [5.74, 6) is 1.57. The Bertz CT molecular complexity index is 590. The Labute approximate surface area is 240 Å². The third kappa shape index (κ3) is 20.2. The lowest BCUT2D eigenvalue weighted by atomic mass is 10.0. The summed E-state index contributed by atoms with van der Waals surface area (Å²) in [6.07, 6.45) is 44.6. The molecule has 0 saturated carbocycles. The highest BCUT2D eigenvalue weighted by atomic mass is 15.1. The van der Waals surface area contributed by atoms with Crippen LogP contribution in [-0.4, -0.2) is 4.57 Å². The van der Waals surface area contributed by atoms with E-state index in [0.717, 1.165) is 0 Å². The maximum absolute atomic E-state index is 2.57. The molecule has 0 amide bonds. The van der Waals surface area contributed by atoms with E-state index in [1.165, 1.54) is 193 Å². The van der Waals surface area contributed by atoms with Crippen LogP contribution in [0.25, 0.3) is 0 Å². The molecule has 0 aliphatic heterocycles. The van der Waals surface area contributed by atoms with Crippen LogP contribution in [0, 0.1) is 0 Å². The van der Waals surface area contributed by atoms with E-state index in [2.05, 4.69) is 42.3 Å². The summed E-state index contributed by atoms with van der Waals surface area (Å²) >= 11 is 0. The van der Waals surface area contributed by atoms with Crippen LogP contribution in [0.3, 0.4) is 0 Å². The fourth-order valence-corrected chi connectivity index (χ4v) is 6.02. The Morgan fingerprint density at radius 3 is 1.21 bits per heavy atom. The highest BCUT2D eigenvalue weighted by Gasteiger charge is 2.15. The summed E-state index contributed by atoms with van der Waals surface area (Å²) in [5, 5.41) is 0. The first-order valence-electron chi connectivity index (χ1n) is 17.9. The number of hydrogen-bond acceptors (Lipinski definition) is 0. The summed E-state index contributed by atoms with van der Waals surface area (Å²) in [6.45, 7) is 9.38. The molecular formula is C36H71N2+. The van der Waals surface area contributed by atoms with Gasteiger partial charge in [-0.2, -0.15) is 0 Å². The van der Waals surface area contributed by atoms with Crippen molar-refractivity contribution in [2.75, 3.05) is 0 Å². The Kier molecular flexibility index (Phi) is 25.7. The van der Waals surface area contributed by atoms with Gasteiger partial charge in [0.1, 0.15) is 12.4 Å². The summed E-state index contributed by atoms with van der Waals surface area (Å²) in [7, 11) is 0. The third-order valence-corrected chi connectivity index (χ3v) is 8.57. The highest BCUT2D eigenvalue weighted by Crippen LogP contribution is 2.14. The van der Waals surface area contributed by atoms with Crippen LogP contribution in [0.4, 0.5) is 0 Å². The van der Waals surface area contributed by atoms with E-state index in [1.807, 2.05) is 0 Å². The van der Waals surface area contributed by atoms with Crippen LogP contribution < -0.4 is 4.57 Å². The second-order valence-electron chi connectivity index (χ2n) is 12.3. The maximum Gasteiger partial charge on any atom is 0.256 e. The number of rotatable bonds is 30. The molecule has 224 valence electrons. The monoisotopic (exact) mass is 532 g/mol. The molecule has 0 aromatic carbocycles. The van der Waals surface area contributed by atoms with E-state index in [4.69, 9.17) is 0 Å². The number of aryl methyl sites for hydroxylation is 2. The lowest BCUT2D eigenvalue weighted by Crippen LogP contribution is -2.37. The predicted octanol–water partition coefficient (Wildman–Crippen LogP) is 11.9. The smallest absolute Gasteiger partial charge is 0.234 e. The molecule has 0 aliphatic rings. The lowest BCUT2D eigenvalue weighted by molar-refractivity contribution is -0.704. The van der Waals surface area contributed by atoms with Gasteiger partial charge in [0.15, 0.2) is 0 Å². The van der Waals surface area contributed by atoms with Gasteiger partial charge in [-0.05, 0) is 32.1 Å². The Hall–Kier alpha value is -0.790. The van der Waals surface area contributed by atoms with E-state index in [-0.39, 0.29) is 0 Å². The molecule has 2 nitrogen and oxygen atoms in total. The topological polar surface area (TPSA) is 8.81 Å². The Balaban J connectivity index is 2.02. The largest absolute Gasteiger partial charge is 0.256 e. The molecule has 1 aromatic rings. The minimum absolute atomic E-state index is 1.22. The second-order valence-corrected chi connectivity index (χ2v) is 12.3. The Morgan fingerprint density at radius 2 is 0.816 bits per heavy atom. The van der Waals surface area contributed by atoms with Crippen molar-refractivity contribution < 1.29 is 4.57 Å². The van der Waals surface area contributed by atoms with Crippen molar-refractivity contribution in [3.8, 4) is 0 Å². The summed E-state index contributed by atoms with van der Waals surface area (Å²) in [4.78, 5) is 0. The minimum atomic E-state index is 1.22. The van der Waals surface area contributed by atoms with Crippen molar-refractivity contribution in [1.82, 2.24) is 4.57 Å². The zero-order chi connectivity index (χ0) is 27.4. The minimum Gasteiger partial charge on any atom is -0.234 e. The first-order chi connectivity index (χ1) is 18.8. The molecule has 0 aliphatic carbocycles. The van der Waals surface area contributed by atoms with Gasteiger partial charge in [0.05, 0.1) is 13.1 Å². The SMILES string of the molecule is CCCCCCCCCCCCCCCCC[n+]1ccn(CCCCCCCCCCCCC)c1CCC. The van der Waals surface area contributed by atoms with Crippen molar-refractivity contribution in [2.24, 2.45) is 0 Å². The Morgan fingerprint density at radius 1 is 0.447 bits per heavy atom. The van der Waals surface area contributed by atoms with Crippen molar-refractivity contribution in [2.45, 2.75) is 214 Å². The predicted molar refractivity (Wildman–Crippen MR) is 170 cm³/mol. The van der Waals surface area contributed by atoms with E-state index < -0.39 is 0 Å². The summed E-state index contributed by atoms with van der Waals surface area (Å²) in [5.41, 5.74) is 0. The number of unbranched alkanes of at least 4 members (excludes halogenated alkanes) is 24. The standard InChI is InChI=1S/C36H71N2/c1-4-7-9-11-13-15-17-18-19-20-22-24-26-28-30-33-38-35-34-37(36(38)31-6-3)32-29-27-25-23-21-16-14-12-10-8-5-2/h34-35H,4-33H2,1-3H3/q+1. The van der Waals surface area contributed by atoms with Crippen LogP contribution in [0.1, 0.15) is 200 Å². The van der Waals surface area contributed by atoms with Crippen LogP contribution in [0.2, 0.25) is 0 Å². The third-order valence-electron chi connectivity index (χ3n) is 8.57. The van der Waals surface area contributed by atoms with Crippen molar-refractivity contribution in [3.63, 3.8) is 0 Å². The molecule has 1 heterocycles. The van der Waals surface area contributed by atoms with Gasteiger partial charge in [0, 0.05) is 6.42 Å². The zero-order valence-electron chi connectivity index (χ0n) is 26.8. The first-order valence-corrected chi connectivity index (χ1v) is 17.9. The highest BCUT2D eigenvalue weighted by molar-refractivity contribution is 4.84. The van der Waals surface area contributed by atoms with Crippen molar-refractivity contribution in [3.05, 3.63) is 18.2 Å². The lowest BCUT2D eigenvalue weighted by Gasteiger charge is -2.06. The summed E-state index contributed by atoms with van der Waals surface area (Å²) < 4.78 is 5.15. The molecule has 0 N–H and O–H groups in total. The van der Waals surface area contributed by atoms with Gasteiger partial charge in [0.2, 0.25) is 0 Å². The molecule has 0 saturated heterocycles. The van der Waals surface area contributed by atoms with E-state index in [0.29, 0.717) is 0 Å². The van der Waals surface area contributed by atoms with Crippen LogP contribution in [0.15, 0.2) is 12.4 Å². The quantitative estimate of drug-likeness (QED) is 0.0689. The number of imidazole rings is 1. The number of hydrogen-bond donors (Lipinski definition) is 0. The fourth-order valence-electron chi connectivity index (χ4n) is 6.02. The van der Waals surface area contributed by atoms with Gasteiger partial charge in [0.25, 0.3) is 5.82 Å². The second kappa shape index (κ2) is 27.8. The average molecular weight is 532 g/mol. The zero-order valence-corrected chi connectivity index (χ0v) is 26.8. The average Bonchev–Trinajstić information content (AvgIpc) is 3.30. The molecule has 0 radical (unpaired) electrons. The van der Waals surface area contributed by atoms with Gasteiger partial charge in [-0.25, -0.2) is 9.13 Å². The van der Waals surface area contributed by atoms with Crippen molar-refractivity contribution >= 4 is 0 Å². The summed E-state index contributed by atoms with van der Waals surface area (Å²) in [6, 6.07) is 0. The van der Waals surface area contributed by atoms with Crippen molar-refractivity contribution in [1.29, 1.82) is 0 Å². The molecule has 1 aromatic heterocycles. The fraction of sp³-hybridized carbons (Fsp3) is 0.917. The van der Waals surface area contributed by atoms with Gasteiger partial charge >= 0.3 is 0 Å². The number of nitrogens with zero attached hydrogens (tertiary/aromatic N) is 2. The first kappa shape index (κ1) is 35.2. The van der Waals surface area contributed by atoms with Gasteiger partial charge in [-0.3, -0.25) is 0 Å². The van der Waals surface area contributed by atoms with Gasteiger partial charge in [-0.15, -0.1) is 0 Å². The van der Waals surface area contributed by atoms with E-state index in [1.54, 1.807) is 5.82 Å². The van der Waals surface area contributed by atoms with Gasteiger partial charge in [-0.1, -0.05) is 162 Å². The van der Waals surface area contributed by atoms with E-state index in [9.17, 15) is 0 Å². The molecule has 0 bridgehead atoms. The normalized spacial score (nSPS) is 11.6. The molecule has 2 heteroatoms. The molecule has 0 spiro atoms. The van der Waals surface area contributed by atoms with Crippen LogP contribution in [0.5, 0.6) is 0 Å². The molecule has 0 fully saturated rings. The van der Waals surface area contributed by atoms with Gasteiger partial charge < -0.3 is 0 Å². The van der Waals surface area contributed by atoms with Crippen LogP contribution in [-0.2, 0) is 19.5 Å². The van der Waals surface area contributed by atoms with Crippen LogP contribution >= 0.6 is 0 Å². The molecule has 0 unspecified atom stereocenters. The molecule has 38 heavy (non-hydrogen) atoms. The maximum atomic E-state index is 2.57.